The molecule has 1 aliphatic heterocycles. The molecule has 0 N–H and O–H groups in total. The van der Waals surface area contributed by atoms with Gasteiger partial charge in [0.1, 0.15) is 0 Å². The van der Waals surface area contributed by atoms with Crippen LogP contribution in [0.4, 0.5) is 5.69 Å². The summed E-state index contributed by atoms with van der Waals surface area (Å²) in [6.07, 6.45) is 0.157. The first-order valence-electron chi connectivity index (χ1n) is 9.28. The van der Waals surface area contributed by atoms with Crippen LogP contribution >= 0.6 is 23.2 Å². The third-order valence-electron chi connectivity index (χ3n) is 4.63. The van der Waals surface area contributed by atoms with Gasteiger partial charge < -0.3 is 4.74 Å². The monoisotopic (exact) mass is 451 g/mol. The van der Waals surface area contributed by atoms with Crippen molar-refractivity contribution in [2.24, 2.45) is 10.1 Å². The molecule has 0 saturated carbocycles. The van der Waals surface area contributed by atoms with E-state index in [2.05, 4.69) is 10.1 Å². The van der Waals surface area contributed by atoms with Gasteiger partial charge in [0.25, 0.3) is 12.0 Å². The van der Waals surface area contributed by atoms with E-state index < -0.39 is 12.1 Å². The summed E-state index contributed by atoms with van der Waals surface area (Å²) >= 11 is 12.7. The molecule has 0 aliphatic carbocycles. The van der Waals surface area contributed by atoms with Gasteiger partial charge >= 0.3 is 0 Å². The molecule has 1 aliphatic rings. The van der Waals surface area contributed by atoms with E-state index in [1.165, 1.54) is 6.08 Å². The van der Waals surface area contributed by atoms with Gasteiger partial charge in [-0.1, -0.05) is 76.8 Å². The van der Waals surface area contributed by atoms with Crippen LogP contribution in [-0.2, 0) is 20.9 Å². The fraction of sp³-hybridized carbons (Fsp3) is 0.0870. The summed E-state index contributed by atoms with van der Waals surface area (Å²) in [5.41, 5.74) is 2.66. The minimum Gasteiger partial charge on any atom is -0.343 e. The Morgan fingerprint density at radius 3 is 2.48 bits per heavy atom. The average molecular weight is 452 g/mol. The van der Waals surface area contributed by atoms with Gasteiger partial charge in [-0.15, -0.1) is 0 Å². The maximum atomic E-state index is 13.2. The number of hydrogen-bond donors (Lipinski definition) is 0. The number of benzodiazepines with no additional fused rings is 1. The molecule has 4 rings (SSSR count). The molecule has 6 nitrogen and oxygen atoms in total. The van der Waals surface area contributed by atoms with Crippen molar-refractivity contribution in [2.75, 3.05) is 5.01 Å². The maximum Gasteiger partial charge on any atom is 0.300 e. The Kier molecular flexibility index (Phi) is 6.26. The first-order chi connectivity index (χ1) is 15.1. The Morgan fingerprint density at radius 1 is 1.00 bits per heavy atom. The van der Waals surface area contributed by atoms with Crippen LogP contribution in [0.2, 0.25) is 10.0 Å². The molecule has 1 amide bonds. The van der Waals surface area contributed by atoms with Crippen molar-refractivity contribution < 1.29 is 14.3 Å². The molecule has 3 aromatic rings. The van der Waals surface area contributed by atoms with Crippen molar-refractivity contribution in [2.45, 2.75) is 12.8 Å². The molecular formula is C23H15Cl2N3O3. The highest BCUT2D eigenvalue weighted by atomic mass is 35.5. The predicted octanol–water partition coefficient (Wildman–Crippen LogP) is 4.97. The zero-order valence-corrected chi connectivity index (χ0v) is 17.5. The second-order valence-corrected chi connectivity index (χ2v) is 7.45. The molecule has 0 bridgehead atoms. The third-order valence-corrected chi connectivity index (χ3v) is 5.19. The predicted molar refractivity (Wildman–Crippen MR) is 119 cm³/mol. The van der Waals surface area contributed by atoms with Gasteiger partial charge in [-0.3, -0.25) is 4.79 Å². The van der Waals surface area contributed by atoms with Crippen molar-refractivity contribution in [3.8, 4) is 0 Å². The Morgan fingerprint density at radius 2 is 1.74 bits per heavy atom. The Balaban J connectivity index is 1.86. The number of fused-ring (bicyclic) bond motifs is 1. The highest BCUT2D eigenvalue weighted by molar-refractivity contribution is 6.37. The van der Waals surface area contributed by atoms with E-state index in [4.69, 9.17) is 27.9 Å². The van der Waals surface area contributed by atoms with Gasteiger partial charge in [-0.25, -0.2) is 9.79 Å². The van der Waals surface area contributed by atoms with E-state index in [9.17, 15) is 9.59 Å². The lowest BCUT2D eigenvalue weighted by molar-refractivity contribution is -0.130. The average Bonchev–Trinajstić information content (AvgIpc) is 2.89. The molecule has 31 heavy (non-hydrogen) atoms. The van der Waals surface area contributed by atoms with Gasteiger partial charge in [-0.05, 0) is 29.8 Å². The molecule has 3 aromatic carbocycles. The summed E-state index contributed by atoms with van der Waals surface area (Å²) in [7, 11) is 0. The molecule has 0 radical (unpaired) electrons. The van der Waals surface area contributed by atoms with Gasteiger partial charge in [0.15, 0.2) is 0 Å². The van der Waals surface area contributed by atoms with Crippen LogP contribution in [0.25, 0.3) is 0 Å². The molecule has 0 spiro atoms. The molecule has 1 unspecified atom stereocenters. The van der Waals surface area contributed by atoms with E-state index in [-0.39, 0.29) is 6.61 Å². The number of isocyanates is 1. The lowest BCUT2D eigenvalue weighted by Gasteiger charge is -2.18. The highest BCUT2D eigenvalue weighted by Gasteiger charge is 2.34. The largest absolute Gasteiger partial charge is 0.343 e. The second kappa shape index (κ2) is 9.25. The third kappa shape index (κ3) is 4.43. The number of hydrogen-bond acceptors (Lipinski definition) is 5. The number of carbonyl (C=O) groups is 1. The summed E-state index contributed by atoms with van der Waals surface area (Å²) < 4.78 is 5.85. The zero-order valence-electron chi connectivity index (χ0n) is 16.0. The number of carbonyl (C=O) groups excluding carboxylic acids is 2. The van der Waals surface area contributed by atoms with Crippen molar-refractivity contribution in [1.29, 1.82) is 0 Å². The smallest absolute Gasteiger partial charge is 0.300 e. The summed E-state index contributed by atoms with van der Waals surface area (Å²) in [5, 5.41) is 5.39. The van der Waals surface area contributed by atoms with Crippen LogP contribution in [0.15, 0.2) is 82.9 Å². The zero-order chi connectivity index (χ0) is 21.8. The lowest BCUT2D eigenvalue weighted by atomic mass is 10.0. The number of hydrazone groups is 1. The van der Waals surface area contributed by atoms with E-state index in [1.807, 2.05) is 36.4 Å². The Bertz CT molecular complexity index is 1210. The highest BCUT2D eigenvalue weighted by Crippen LogP contribution is 2.33. The number of aliphatic imine (C=N–C) groups is 1. The fourth-order valence-corrected chi connectivity index (χ4v) is 3.62. The maximum absolute atomic E-state index is 13.2. The van der Waals surface area contributed by atoms with Crippen LogP contribution in [0.1, 0.15) is 16.7 Å². The molecule has 8 heteroatoms. The van der Waals surface area contributed by atoms with Crippen molar-refractivity contribution in [1.82, 2.24) is 0 Å². The van der Waals surface area contributed by atoms with Crippen LogP contribution < -0.4 is 5.01 Å². The number of rotatable bonds is 5. The van der Waals surface area contributed by atoms with E-state index >= 15 is 0 Å². The topological polar surface area (TPSA) is 71.3 Å². The number of benzene rings is 3. The number of nitrogens with zero attached hydrogens (tertiary/aromatic N) is 3. The lowest BCUT2D eigenvalue weighted by Crippen LogP contribution is -2.35. The summed E-state index contributed by atoms with van der Waals surface area (Å²) in [4.78, 5) is 28.9. The van der Waals surface area contributed by atoms with Crippen molar-refractivity contribution in [3.63, 3.8) is 0 Å². The van der Waals surface area contributed by atoms with E-state index in [1.54, 1.807) is 36.4 Å². The normalized spacial score (nSPS) is 15.5. The van der Waals surface area contributed by atoms with Gasteiger partial charge in [0.2, 0.25) is 6.23 Å². The molecule has 1 heterocycles. The number of ether oxygens (including phenoxy) is 1. The molecule has 154 valence electrons. The van der Waals surface area contributed by atoms with Gasteiger partial charge in [0, 0.05) is 21.2 Å². The van der Waals surface area contributed by atoms with E-state index in [0.717, 1.165) is 10.6 Å². The van der Waals surface area contributed by atoms with Crippen LogP contribution in [0.3, 0.4) is 0 Å². The van der Waals surface area contributed by atoms with Crippen LogP contribution in [0.5, 0.6) is 0 Å². The van der Waals surface area contributed by atoms with Crippen LogP contribution in [0, 0.1) is 0 Å². The van der Waals surface area contributed by atoms with Gasteiger partial charge in [-0.2, -0.15) is 5.01 Å². The fourth-order valence-electron chi connectivity index (χ4n) is 3.22. The number of amides is 1. The first-order valence-corrected chi connectivity index (χ1v) is 10.0. The molecular weight excluding hydrogens is 437 g/mol. The molecule has 0 saturated heterocycles. The van der Waals surface area contributed by atoms with Crippen LogP contribution in [-0.4, -0.2) is 23.9 Å². The molecule has 0 fully saturated rings. The van der Waals surface area contributed by atoms with Crippen molar-refractivity contribution in [3.05, 3.63) is 99.5 Å². The standard InChI is InChI=1S/C23H15Cl2N3O3/c24-16-10-11-20-18(12-16)21(17-8-4-5-9-19(17)25)27-22(23(30)28(20)26-14-29)31-13-15-6-2-1-3-7-15/h1-12,22H,13H2. The number of anilines is 1. The summed E-state index contributed by atoms with van der Waals surface area (Å²) in [6.45, 7) is 0.131. The van der Waals surface area contributed by atoms with Gasteiger partial charge in [0.05, 0.1) is 18.0 Å². The molecule has 1 atom stereocenters. The Hall–Kier alpha value is -3.28. The molecule has 0 aromatic heterocycles. The quantitative estimate of drug-likeness (QED) is 0.405. The van der Waals surface area contributed by atoms with E-state index in [0.29, 0.717) is 32.6 Å². The summed E-state index contributed by atoms with van der Waals surface area (Å²) in [6, 6.07) is 21.3. The Labute approximate surface area is 188 Å². The number of halogens is 2. The minimum atomic E-state index is -1.27. The van der Waals surface area contributed by atoms with Crippen molar-refractivity contribution >= 4 is 46.6 Å². The first kappa shape index (κ1) is 21.0. The second-order valence-electron chi connectivity index (χ2n) is 6.61. The SMILES string of the molecule is O=C=NN1C(=O)C(OCc2ccccc2)N=C(c2ccccc2Cl)c2cc(Cl)ccc21. The minimum absolute atomic E-state index is 0.131. The summed E-state index contributed by atoms with van der Waals surface area (Å²) in [5.74, 6) is -0.634.